The molecule has 0 aliphatic carbocycles. The molecular weight excluding hydrogens is 350 g/mol. The van der Waals surface area contributed by atoms with Gasteiger partial charge in [-0.3, -0.25) is 14.5 Å². The fourth-order valence-corrected chi connectivity index (χ4v) is 2.56. The predicted molar refractivity (Wildman–Crippen MR) is 102 cm³/mol. The van der Waals surface area contributed by atoms with Crippen molar-refractivity contribution in [1.82, 2.24) is 10.2 Å². The van der Waals surface area contributed by atoms with Crippen LogP contribution in [0.1, 0.15) is 26.3 Å². The van der Waals surface area contributed by atoms with Gasteiger partial charge in [-0.1, -0.05) is 32.1 Å². The van der Waals surface area contributed by atoms with E-state index in [-0.39, 0.29) is 19.1 Å². The van der Waals surface area contributed by atoms with Crippen molar-refractivity contribution in [3.63, 3.8) is 0 Å². The molecule has 0 unspecified atom stereocenters. The summed E-state index contributed by atoms with van der Waals surface area (Å²) in [6, 6.07) is 4.83. The molecule has 0 saturated carbocycles. The first-order chi connectivity index (χ1) is 12.7. The maximum Gasteiger partial charge on any atom is 0.408 e. The molecule has 3 amide bonds. The molecule has 0 heterocycles. The molecule has 148 valence electrons. The highest BCUT2D eigenvalue weighted by molar-refractivity contribution is 5.98. The normalized spacial score (nSPS) is 12.8. The van der Waals surface area contributed by atoms with E-state index in [2.05, 4.69) is 17.2 Å². The number of rotatable bonds is 9. The number of anilines is 1. The third-order valence-corrected chi connectivity index (χ3v) is 3.96. The summed E-state index contributed by atoms with van der Waals surface area (Å²) in [5, 5.41) is 23.6. The van der Waals surface area contributed by atoms with Crippen molar-refractivity contribution in [1.29, 1.82) is 0 Å². The largest absolute Gasteiger partial charge is 0.465 e. The molecular formula is C19H27N3O5. The van der Waals surface area contributed by atoms with Crippen LogP contribution in [0.2, 0.25) is 0 Å². The van der Waals surface area contributed by atoms with Gasteiger partial charge in [-0.25, -0.2) is 4.79 Å². The van der Waals surface area contributed by atoms with Crippen molar-refractivity contribution in [2.24, 2.45) is 5.92 Å². The minimum absolute atomic E-state index is 0.00336. The van der Waals surface area contributed by atoms with Gasteiger partial charge >= 0.3 is 6.09 Å². The summed E-state index contributed by atoms with van der Waals surface area (Å²) < 4.78 is 0. The summed E-state index contributed by atoms with van der Waals surface area (Å²) >= 11 is 0. The Morgan fingerprint density at radius 1 is 1.15 bits per heavy atom. The van der Waals surface area contributed by atoms with Crippen LogP contribution in [0.25, 0.3) is 0 Å². The van der Waals surface area contributed by atoms with E-state index in [0.29, 0.717) is 11.3 Å². The zero-order chi connectivity index (χ0) is 20.6. The lowest BCUT2D eigenvalue weighted by Crippen LogP contribution is -2.55. The number of aliphatic hydroxyl groups excluding tert-OH is 1. The minimum atomic E-state index is -1.23. The van der Waals surface area contributed by atoms with Crippen LogP contribution in [0.3, 0.4) is 0 Å². The molecule has 1 rings (SSSR count). The number of aliphatic hydroxyl groups is 1. The van der Waals surface area contributed by atoms with Gasteiger partial charge in [0.25, 0.3) is 0 Å². The Morgan fingerprint density at radius 3 is 2.19 bits per heavy atom. The number of carbonyl (C=O) groups excluding carboxylic acids is 2. The van der Waals surface area contributed by atoms with Gasteiger partial charge in [-0.05, 0) is 30.5 Å². The van der Waals surface area contributed by atoms with E-state index in [1.807, 2.05) is 0 Å². The molecule has 8 nitrogen and oxygen atoms in total. The van der Waals surface area contributed by atoms with E-state index in [0.717, 1.165) is 4.90 Å². The molecule has 0 aliphatic rings. The Hall–Kier alpha value is -2.87. The fraction of sp³-hybridized carbons (Fsp3) is 0.421. The van der Waals surface area contributed by atoms with Crippen LogP contribution in [0.15, 0.2) is 36.9 Å². The highest BCUT2D eigenvalue weighted by Gasteiger charge is 2.33. The van der Waals surface area contributed by atoms with E-state index >= 15 is 0 Å². The zero-order valence-corrected chi connectivity index (χ0v) is 15.8. The lowest BCUT2D eigenvalue weighted by atomic mass is 10.0. The average Bonchev–Trinajstić information content (AvgIpc) is 2.61. The van der Waals surface area contributed by atoms with Gasteiger partial charge in [0.1, 0.15) is 12.1 Å². The molecule has 0 spiro atoms. The first kappa shape index (κ1) is 22.2. The number of hydrogen-bond acceptors (Lipinski definition) is 4. The molecule has 0 fully saturated rings. The third kappa shape index (κ3) is 6.41. The maximum atomic E-state index is 12.6. The summed E-state index contributed by atoms with van der Waals surface area (Å²) in [6.07, 6.45) is 0.174. The van der Waals surface area contributed by atoms with Crippen LogP contribution < -0.4 is 10.6 Å². The number of carbonyl (C=O) groups is 3. The van der Waals surface area contributed by atoms with Gasteiger partial charge in [0.05, 0.1) is 6.61 Å². The highest BCUT2D eigenvalue weighted by Crippen LogP contribution is 2.13. The van der Waals surface area contributed by atoms with Crippen LogP contribution >= 0.6 is 0 Å². The Balaban J connectivity index is 2.79. The molecule has 1 aromatic rings. The van der Waals surface area contributed by atoms with Crippen LogP contribution in [-0.2, 0) is 16.2 Å². The Labute approximate surface area is 158 Å². The van der Waals surface area contributed by atoms with E-state index in [9.17, 15) is 19.5 Å². The summed E-state index contributed by atoms with van der Waals surface area (Å²) in [5.74, 6) is -1.27. The molecule has 0 radical (unpaired) electrons. The molecule has 0 saturated heterocycles. The van der Waals surface area contributed by atoms with E-state index in [1.54, 1.807) is 38.1 Å². The Kier molecular flexibility index (Phi) is 8.47. The SMILES string of the molecule is C=CCN(C(=O)O)[C@H](C(=O)N[C@@H](C)C(=O)Nc1ccc(CO)cc1)C(C)C. The third-order valence-electron chi connectivity index (χ3n) is 3.96. The van der Waals surface area contributed by atoms with Gasteiger partial charge in [-0.2, -0.15) is 0 Å². The first-order valence-corrected chi connectivity index (χ1v) is 8.62. The monoisotopic (exact) mass is 377 g/mol. The Morgan fingerprint density at radius 2 is 1.74 bits per heavy atom. The number of nitrogens with zero attached hydrogens (tertiary/aromatic N) is 1. The van der Waals surface area contributed by atoms with Crippen molar-refractivity contribution in [3.05, 3.63) is 42.5 Å². The van der Waals surface area contributed by atoms with Gasteiger partial charge in [0.2, 0.25) is 11.8 Å². The summed E-state index contributed by atoms with van der Waals surface area (Å²) in [6.45, 7) is 8.41. The van der Waals surface area contributed by atoms with Gasteiger partial charge in [0, 0.05) is 12.2 Å². The highest BCUT2D eigenvalue weighted by atomic mass is 16.4. The van der Waals surface area contributed by atoms with Crippen LogP contribution in [0.5, 0.6) is 0 Å². The number of carboxylic acid groups (broad SMARTS) is 1. The number of nitrogens with one attached hydrogen (secondary N) is 2. The van der Waals surface area contributed by atoms with E-state index in [4.69, 9.17) is 5.11 Å². The second-order valence-electron chi connectivity index (χ2n) is 6.49. The van der Waals surface area contributed by atoms with E-state index in [1.165, 1.54) is 13.0 Å². The summed E-state index contributed by atoms with van der Waals surface area (Å²) in [7, 11) is 0. The topological polar surface area (TPSA) is 119 Å². The molecule has 1 aromatic carbocycles. The van der Waals surface area contributed by atoms with Crippen LogP contribution in [-0.4, -0.2) is 51.6 Å². The smallest absolute Gasteiger partial charge is 0.408 e. The second-order valence-corrected chi connectivity index (χ2v) is 6.49. The predicted octanol–water partition coefficient (Wildman–Crippen LogP) is 1.81. The second kappa shape index (κ2) is 10.3. The molecule has 27 heavy (non-hydrogen) atoms. The fourth-order valence-electron chi connectivity index (χ4n) is 2.56. The lowest BCUT2D eigenvalue weighted by Gasteiger charge is -2.31. The van der Waals surface area contributed by atoms with Gasteiger partial charge in [-0.15, -0.1) is 6.58 Å². The number of hydrogen-bond donors (Lipinski definition) is 4. The van der Waals surface area contributed by atoms with Crippen molar-refractivity contribution in [3.8, 4) is 0 Å². The molecule has 2 atom stereocenters. The summed E-state index contributed by atoms with van der Waals surface area (Å²) in [5.41, 5.74) is 1.24. The maximum absolute atomic E-state index is 12.6. The van der Waals surface area contributed by atoms with E-state index < -0.39 is 30.0 Å². The average molecular weight is 377 g/mol. The van der Waals surface area contributed by atoms with Crippen LogP contribution in [0, 0.1) is 5.92 Å². The minimum Gasteiger partial charge on any atom is -0.465 e. The van der Waals surface area contributed by atoms with Crippen LogP contribution in [0.4, 0.5) is 10.5 Å². The van der Waals surface area contributed by atoms with Crippen molar-refractivity contribution in [2.45, 2.75) is 39.5 Å². The van der Waals surface area contributed by atoms with Crippen molar-refractivity contribution >= 4 is 23.6 Å². The van der Waals surface area contributed by atoms with Crippen molar-refractivity contribution < 1.29 is 24.6 Å². The molecule has 0 aromatic heterocycles. The van der Waals surface area contributed by atoms with Gasteiger partial charge < -0.3 is 20.8 Å². The quantitative estimate of drug-likeness (QED) is 0.490. The first-order valence-electron chi connectivity index (χ1n) is 8.62. The lowest BCUT2D eigenvalue weighted by molar-refractivity contribution is -0.130. The summed E-state index contributed by atoms with van der Waals surface area (Å²) in [4.78, 5) is 37.3. The molecule has 4 N–H and O–H groups in total. The Bertz CT molecular complexity index is 672. The molecule has 0 aliphatic heterocycles. The number of amides is 3. The molecule has 0 bridgehead atoms. The number of benzene rings is 1. The standard InChI is InChI=1S/C19H27N3O5/c1-5-10-22(19(26)27)16(12(2)3)18(25)20-13(4)17(24)21-15-8-6-14(11-23)7-9-15/h5-9,12-13,16,23H,1,10-11H2,2-4H3,(H,20,25)(H,21,24)(H,26,27)/t13-,16-/m0/s1. The van der Waals surface area contributed by atoms with Crippen molar-refractivity contribution in [2.75, 3.05) is 11.9 Å². The van der Waals surface area contributed by atoms with Gasteiger partial charge in [0.15, 0.2) is 0 Å². The zero-order valence-electron chi connectivity index (χ0n) is 15.8. The molecule has 8 heteroatoms.